The molecule has 1 aromatic heterocycles. The molecule has 28 heavy (non-hydrogen) atoms. The largest absolute Gasteiger partial charge is 0.416 e. The van der Waals surface area contributed by atoms with E-state index in [0.717, 1.165) is 11.6 Å². The van der Waals surface area contributed by atoms with Gasteiger partial charge in [-0.2, -0.15) is 0 Å². The van der Waals surface area contributed by atoms with E-state index in [0.29, 0.717) is 16.3 Å². The number of hydrogen-bond acceptors (Lipinski definition) is 3. The Kier molecular flexibility index (Phi) is 4.67. The van der Waals surface area contributed by atoms with Crippen LogP contribution in [0.15, 0.2) is 82.0 Å². The Labute approximate surface area is 164 Å². The Morgan fingerprint density at radius 2 is 1.61 bits per heavy atom. The summed E-state index contributed by atoms with van der Waals surface area (Å²) < 4.78 is 18.8. The van der Waals surface area contributed by atoms with Crippen LogP contribution in [0.2, 0.25) is 5.02 Å². The van der Waals surface area contributed by atoms with Crippen LogP contribution in [0.1, 0.15) is 10.6 Å². The number of hydrogen-bond donors (Lipinski definition) is 1. The second-order valence-electron chi connectivity index (χ2n) is 6.09. The maximum atomic E-state index is 13.4. The molecular weight excluding hydrogens is 381 g/mol. The van der Waals surface area contributed by atoms with Crippen molar-refractivity contribution in [3.8, 4) is 11.1 Å². The molecule has 0 spiro atoms. The van der Waals surface area contributed by atoms with Crippen molar-refractivity contribution in [1.29, 1.82) is 0 Å². The van der Waals surface area contributed by atoms with E-state index in [1.807, 2.05) is 30.3 Å². The summed E-state index contributed by atoms with van der Waals surface area (Å²) in [5.74, 6) is -1.36. The highest BCUT2D eigenvalue weighted by Crippen LogP contribution is 2.31. The maximum absolute atomic E-state index is 13.4. The maximum Gasteiger partial charge on any atom is 0.344 e. The quantitative estimate of drug-likeness (QED) is 0.499. The Morgan fingerprint density at radius 3 is 2.32 bits per heavy atom. The van der Waals surface area contributed by atoms with E-state index in [2.05, 4.69) is 5.32 Å². The van der Waals surface area contributed by atoms with E-state index in [4.69, 9.17) is 16.0 Å². The lowest BCUT2D eigenvalue weighted by Gasteiger charge is -2.12. The van der Waals surface area contributed by atoms with E-state index < -0.39 is 17.3 Å². The van der Waals surface area contributed by atoms with Crippen LogP contribution in [-0.4, -0.2) is 5.91 Å². The fourth-order valence-electron chi connectivity index (χ4n) is 3.01. The smallest absolute Gasteiger partial charge is 0.344 e. The lowest BCUT2D eigenvalue weighted by atomic mass is 9.98. The molecule has 4 aromatic rings. The lowest BCUT2D eigenvalue weighted by molar-refractivity contribution is 0.0994. The van der Waals surface area contributed by atoms with Gasteiger partial charge in [0.2, 0.25) is 5.76 Å². The summed E-state index contributed by atoms with van der Waals surface area (Å²) in [6.45, 7) is 0. The first-order valence-electron chi connectivity index (χ1n) is 8.42. The van der Waals surface area contributed by atoms with Gasteiger partial charge in [-0.1, -0.05) is 60.1 Å². The van der Waals surface area contributed by atoms with Crippen molar-refractivity contribution in [3.63, 3.8) is 0 Å². The standard InChI is InChI=1S/C22H13ClFNO3/c23-17-12-14(10-11-18(17)24)25-21(26)20-19(13-6-2-1-3-7-13)15-8-4-5-9-16(15)22(27)28-20/h1-12H,(H,25,26). The molecule has 1 N–H and O–H groups in total. The minimum absolute atomic E-state index is 0.124. The highest BCUT2D eigenvalue weighted by atomic mass is 35.5. The highest BCUT2D eigenvalue weighted by molar-refractivity contribution is 6.31. The second kappa shape index (κ2) is 7.29. The van der Waals surface area contributed by atoms with Gasteiger partial charge >= 0.3 is 5.63 Å². The first-order chi connectivity index (χ1) is 13.5. The van der Waals surface area contributed by atoms with Crippen LogP contribution >= 0.6 is 11.6 Å². The van der Waals surface area contributed by atoms with E-state index in [1.165, 1.54) is 12.1 Å². The minimum atomic E-state index is -0.635. The predicted molar refractivity (Wildman–Crippen MR) is 107 cm³/mol. The van der Waals surface area contributed by atoms with E-state index >= 15 is 0 Å². The molecule has 4 rings (SSSR count). The number of carbonyl (C=O) groups excluding carboxylic acids is 1. The molecule has 0 aliphatic carbocycles. The molecule has 138 valence electrons. The van der Waals surface area contributed by atoms with E-state index in [1.54, 1.807) is 24.3 Å². The summed E-state index contributed by atoms with van der Waals surface area (Å²) in [6, 6.07) is 19.9. The summed E-state index contributed by atoms with van der Waals surface area (Å²) in [5.41, 5.74) is 0.898. The van der Waals surface area contributed by atoms with Crippen LogP contribution in [0.5, 0.6) is 0 Å². The summed E-state index contributed by atoms with van der Waals surface area (Å²) in [4.78, 5) is 25.3. The van der Waals surface area contributed by atoms with Crippen LogP contribution in [0.25, 0.3) is 21.9 Å². The monoisotopic (exact) mass is 393 g/mol. The number of carbonyl (C=O) groups is 1. The molecule has 6 heteroatoms. The zero-order valence-corrected chi connectivity index (χ0v) is 15.2. The van der Waals surface area contributed by atoms with E-state index in [9.17, 15) is 14.0 Å². The predicted octanol–water partition coefficient (Wildman–Crippen LogP) is 5.50. The average molecular weight is 394 g/mol. The number of benzene rings is 3. The topological polar surface area (TPSA) is 59.3 Å². The SMILES string of the molecule is O=C(Nc1ccc(F)c(Cl)c1)c1oc(=O)c2ccccc2c1-c1ccccc1. The Bertz CT molecular complexity index is 1250. The van der Waals surface area contributed by atoms with Gasteiger partial charge < -0.3 is 9.73 Å². The number of amides is 1. The van der Waals surface area contributed by atoms with Gasteiger partial charge in [-0.15, -0.1) is 0 Å². The third-order valence-corrected chi connectivity index (χ3v) is 4.57. The summed E-state index contributed by atoms with van der Waals surface area (Å²) >= 11 is 5.77. The van der Waals surface area contributed by atoms with Crippen LogP contribution in [0, 0.1) is 5.82 Å². The molecule has 0 bridgehead atoms. The van der Waals surface area contributed by atoms with Crippen LogP contribution in [-0.2, 0) is 0 Å². The van der Waals surface area contributed by atoms with Crippen molar-refractivity contribution in [2.45, 2.75) is 0 Å². The zero-order chi connectivity index (χ0) is 19.7. The van der Waals surface area contributed by atoms with Gasteiger partial charge in [0.1, 0.15) is 5.82 Å². The first kappa shape index (κ1) is 17.9. The molecule has 1 heterocycles. The van der Waals surface area contributed by atoms with Crippen molar-refractivity contribution < 1.29 is 13.6 Å². The number of halogens is 2. The molecule has 4 nitrogen and oxygen atoms in total. The fraction of sp³-hybridized carbons (Fsp3) is 0. The van der Waals surface area contributed by atoms with Gasteiger partial charge in [0.15, 0.2) is 0 Å². The molecule has 0 aliphatic rings. The third kappa shape index (κ3) is 3.28. The molecule has 0 atom stereocenters. The van der Waals surface area contributed by atoms with Crippen molar-refractivity contribution in [3.05, 3.63) is 99.8 Å². The minimum Gasteiger partial charge on any atom is -0.416 e. The Balaban J connectivity index is 1.89. The Morgan fingerprint density at radius 1 is 0.929 bits per heavy atom. The Hall–Kier alpha value is -3.44. The van der Waals surface area contributed by atoms with Crippen LogP contribution in [0.3, 0.4) is 0 Å². The molecule has 3 aromatic carbocycles. The highest BCUT2D eigenvalue weighted by Gasteiger charge is 2.21. The molecule has 0 saturated carbocycles. The summed E-state index contributed by atoms with van der Waals surface area (Å²) in [5, 5.41) is 3.46. The molecular formula is C22H13ClFNO3. The first-order valence-corrected chi connectivity index (χ1v) is 8.80. The van der Waals surface area contributed by atoms with Crippen molar-refractivity contribution in [2.75, 3.05) is 5.32 Å². The third-order valence-electron chi connectivity index (χ3n) is 4.28. The van der Waals surface area contributed by atoms with Crippen LogP contribution < -0.4 is 10.9 Å². The van der Waals surface area contributed by atoms with Gasteiger partial charge in [-0.3, -0.25) is 4.79 Å². The number of anilines is 1. The van der Waals surface area contributed by atoms with Crippen molar-refractivity contribution in [1.82, 2.24) is 0 Å². The molecule has 0 saturated heterocycles. The van der Waals surface area contributed by atoms with Gasteiger partial charge in [0.05, 0.1) is 10.4 Å². The molecule has 0 radical (unpaired) electrons. The normalized spacial score (nSPS) is 10.8. The van der Waals surface area contributed by atoms with Crippen molar-refractivity contribution >= 4 is 34.0 Å². The van der Waals surface area contributed by atoms with Crippen LogP contribution in [0.4, 0.5) is 10.1 Å². The lowest BCUT2D eigenvalue weighted by Crippen LogP contribution is -2.17. The van der Waals surface area contributed by atoms with E-state index in [-0.39, 0.29) is 16.5 Å². The van der Waals surface area contributed by atoms with Gasteiger partial charge in [-0.05, 0) is 29.8 Å². The fourth-order valence-corrected chi connectivity index (χ4v) is 3.19. The van der Waals surface area contributed by atoms with Crippen molar-refractivity contribution in [2.24, 2.45) is 0 Å². The average Bonchev–Trinajstić information content (AvgIpc) is 2.71. The van der Waals surface area contributed by atoms with Gasteiger partial charge in [0, 0.05) is 16.6 Å². The molecule has 0 aliphatic heterocycles. The summed E-state index contributed by atoms with van der Waals surface area (Å²) in [7, 11) is 0. The zero-order valence-electron chi connectivity index (χ0n) is 14.4. The number of fused-ring (bicyclic) bond motifs is 1. The summed E-state index contributed by atoms with van der Waals surface area (Å²) in [6.07, 6.45) is 0. The van der Waals surface area contributed by atoms with Gasteiger partial charge in [-0.25, -0.2) is 9.18 Å². The molecule has 1 amide bonds. The number of nitrogens with one attached hydrogen (secondary N) is 1. The van der Waals surface area contributed by atoms with Gasteiger partial charge in [0.25, 0.3) is 5.91 Å². The number of rotatable bonds is 3. The molecule has 0 unspecified atom stereocenters. The molecule has 0 fully saturated rings. The second-order valence-corrected chi connectivity index (χ2v) is 6.50.